The highest BCUT2D eigenvalue weighted by Crippen LogP contribution is 2.08. The smallest absolute Gasteiger partial charge is 0.326 e. The molecule has 2 aromatic heterocycles. The lowest BCUT2D eigenvalue weighted by molar-refractivity contribution is -0.149. The van der Waals surface area contributed by atoms with Gasteiger partial charge >= 0.3 is 5.97 Å². The third-order valence-corrected chi connectivity index (χ3v) is 3.62. The summed E-state index contributed by atoms with van der Waals surface area (Å²) in [7, 11) is 0. The molecule has 0 aliphatic rings. The van der Waals surface area contributed by atoms with E-state index in [1.54, 1.807) is 10.6 Å². The average molecular weight is 332 g/mol. The molecule has 0 aromatic carbocycles. The van der Waals surface area contributed by atoms with E-state index in [2.05, 4.69) is 10.3 Å². The molecule has 1 atom stereocenters. The van der Waals surface area contributed by atoms with Crippen LogP contribution in [0, 0.1) is 0 Å². The van der Waals surface area contributed by atoms with Crippen LogP contribution in [0.2, 0.25) is 0 Å². The summed E-state index contributed by atoms with van der Waals surface area (Å²) >= 11 is 0. The van der Waals surface area contributed by atoms with Crippen LogP contribution in [0.4, 0.5) is 0 Å². The SMILES string of the molecule is CC(=O)NCCN(C(=O)Cc1cn2ccccc2n1)C(C)C(=O)O. The average Bonchev–Trinajstić information content (AvgIpc) is 2.92. The first-order valence-electron chi connectivity index (χ1n) is 7.58. The molecule has 128 valence electrons. The Morgan fingerprint density at radius 1 is 1.38 bits per heavy atom. The van der Waals surface area contributed by atoms with Crippen molar-refractivity contribution in [3.8, 4) is 0 Å². The number of hydrogen-bond acceptors (Lipinski definition) is 4. The predicted octanol–water partition coefficient (Wildman–Crippen LogP) is 0.315. The fraction of sp³-hybridized carbons (Fsp3) is 0.375. The molecule has 2 aromatic rings. The van der Waals surface area contributed by atoms with Gasteiger partial charge in [-0.25, -0.2) is 9.78 Å². The third kappa shape index (κ3) is 4.31. The van der Waals surface area contributed by atoms with E-state index in [0.717, 1.165) is 5.65 Å². The minimum atomic E-state index is -1.10. The van der Waals surface area contributed by atoms with Gasteiger partial charge in [-0.3, -0.25) is 9.59 Å². The van der Waals surface area contributed by atoms with E-state index in [9.17, 15) is 19.5 Å². The second-order valence-electron chi connectivity index (χ2n) is 5.46. The summed E-state index contributed by atoms with van der Waals surface area (Å²) in [5.74, 6) is -1.68. The van der Waals surface area contributed by atoms with Gasteiger partial charge in [0.1, 0.15) is 11.7 Å². The maximum atomic E-state index is 12.5. The van der Waals surface area contributed by atoms with E-state index in [0.29, 0.717) is 5.69 Å². The van der Waals surface area contributed by atoms with Gasteiger partial charge in [0.15, 0.2) is 0 Å². The second kappa shape index (κ2) is 7.58. The van der Waals surface area contributed by atoms with Crippen LogP contribution >= 0.6 is 0 Å². The molecule has 0 aliphatic carbocycles. The van der Waals surface area contributed by atoms with Crippen molar-refractivity contribution in [3.63, 3.8) is 0 Å². The topological polar surface area (TPSA) is 104 Å². The predicted molar refractivity (Wildman–Crippen MR) is 86.4 cm³/mol. The monoisotopic (exact) mass is 332 g/mol. The highest BCUT2D eigenvalue weighted by molar-refractivity contribution is 5.84. The number of carboxylic acid groups (broad SMARTS) is 1. The van der Waals surface area contributed by atoms with Crippen molar-refractivity contribution < 1.29 is 19.5 Å². The zero-order chi connectivity index (χ0) is 17.7. The molecule has 0 saturated heterocycles. The number of rotatable bonds is 7. The number of aliphatic carboxylic acids is 1. The number of carboxylic acids is 1. The molecule has 24 heavy (non-hydrogen) atoms. The summed E-state index contributed by atoms with van der Waals surface area (Å²) in [5.41, 5.74) is 1.28. The van der Waals surface area contributed by atoms with Gasteiger partial charge in [-0.2, -0.15) is 0 Å². The number of pyridine rings is 1. The second-order valence-corrected chi connectivity index (χ2v) is 5.46. The zero-order valence-corrected chi connectivity index (χ0v) is 13.6. The normalized spacial score (nSPS) is 11.9. The number of carbonyl (C=O) groups is 3. The summed E-state index contributed by atoms with van der Waals surface area (Å²) in [5, 5.41) is 11.8. The Hall–Kier alpha value is -2.90. The third-order valence-electron chi connectivity index (χ3n) is 3.62. The molecule has 0 spiro atoms. The summed E-state index contributed by atoms with van der Waals surface area (Å²) in [6.07, 6.45) is 3.56. The Morgan fingerprint density at radius 2 is 2.12 bits per heavy atom. The molecule has 0 radical (unpaired) electrons. The van der Waals surface area contributed by atoms with Gasteiger partial charge in [-0.15, -0.1) is 0 Å². The lowest BCUT2D eigenvalue weighted by atomic mass is 10.2. The lowest BCUT2D eigenvalue weighted by Crippen LogP contribution is -2.47. The van der Waals surface area contributed by atoms with Crippen molar-refractivity contribution in [1.82, 2.24) is 19.6 Å². The summed E-state index contributed by atoms with van der Waals surface area (Å²) in [6.45, 7) is 3.13. The molecule has 0 fully saturated rings. The van der Waals surface area contributed by atoms with Gasteiger partial charge < -0.3 is 19.7 Å². The number of fused-ring (bicyclic) bond motifs is 1. The van der Waals surface area contributed by atoms with Crippen molar-refractivity contribution in [2.24, 2.45) is 0 Å². The van der Waals surface area contributed by atoms with E-state index in [4.69, 9.17) is 0 Å². The molecule has 0 aliphatic heterocycles. The van der Waals surface area contributed by atoms with Crippen LogP contribution in [-0.2, 0) is 20.8 Å². The Morgan fingerprint density at radius 3 is 2.75 bits per heavy atom. The summed E-state index contributed by atoms with van der Waals surface area (Å²) in [4.78, 5) is 40.3. The number of aromatic nitrogens is 2. The molecule has 2 heterocycles. The highest BCUT2D eigenvalue weighted by atomic mass is 16.4. The lowest BCUT2D eigenvalue weighted by Gasteiger charge is -2.26. The van der Waals surface area contributed by atoms with E-state index >= 15 is 0 Å². The fourth-order valence-electron chi connectivity index (χ4n) is 2.35. The summed E-state index contributed by atoms with van der Waals surface area (Å²) in [6, 6.07) is 4.54. The van der Waals surface area contributed by atoms with Crippen molar-refractivity contribution >= 4 is 23.4 Å². The largest absolute Gasteiger partial charge is 0.480 e. The number of nitrogens with zero attached hydrogens (tertiary/aromatic N) is 3. The Kier molecular flexibility index (Phi) is 5.51. The van der Waals surface area contributed by atoms with E-state index in [1.807, 2.05) is 24.4 Å². The molecule has 0 saturated carbocycles. The molecule has 2 N–H and O–H groups in total. The van der Waals surface area contributed by atoms with Gasteiger partial charge in [0.2, 0.25) is 11.8 Å². The van der Waals surface area contributed by atoms with Gasteiger partial charge in [-0.1, -0.05) is 6.07 Å². The maximum absolute atomic E-state index is 12.5. The van der Waals surface area contributed by atoms with Crippen molar-refractivity contribution in [2.75, 3.05) is 13.1 Å². The van der Waals surface area contributed by atoms with Crippen LogP contribution < -0.4 is 5.32 Å². The van der Waals surface area contributed by atoms with Crippen LogP contribution in [0.3, 0.4) is 0 Å². The Bertz CT molecular complexity index is 722. The molecule has 1 unspecified atom stereocenters. The van der Waals surface area contributed by atoms with Crippen LogP contribution in [0.5, 0.6) is 0 Å². The van der Waals surface area contributed by atoms with E-state index in [-0.39, 0.29) is 31.3 Å². The minimum Gasteiger partial charge on any atom is -0.480 e. The first-order valence-corrected chi connectivity index (χ1v) is 7.58. The first-order chi connectivity index (χ1) is 11.4. The van der Waals surface area contributed by atoms with Crippen LogP contribution in [-0.4, -0.2) is 56.3 Å². The minimum absolute atomic E-state index is 0.000624. The van der Waals surface area contributed by atoms with Gasteiger partial charge in [-0.05, 0) is 19.1 Å². The van der Waals surface area contributed by atoms with Crippen LogP contribution in [0.15, 0.2) is 30.6 Å². The number of hydrogen-bond donors (Lipinski definition) is 2. The summed E-state index contributed by atoms with van der Waals surface area (Å²) < 4.78 is 1.80. The van der Waals surface area contributed by atoms with Gasteiger partial charge in [0.05, 0.1) is 12.1 Å². The van der Waals surface area contributed by atoms with Crippen molar-refractivity contribution in [3.05, 3.63) is 36.3 Å². The van der Waals surface area contributed by atoms with Gasteiger partial charge in [0.25, 0.3) is 0 Å². The first kappa shape index (κ1) is 17.5. The highest BCUT2D eigenvalue weighted by Gasteiger charge is 2.25. The number of nitrogens with one attached hydrogen (secondary N) is 1. The molecule has 8 heteroatoms. The van der Waals surface area contributed by atoms with Gasteiger partial charge in [0, 0.05) is 32.4 Å². The molecule has 2 amide bonds. The standard InChI is InChI=1S/C16H20N4O4/c1-11(16(23)24)20(8-6-17-12(2)21)15(22)9-13-10-19-7-4-3-5-14(19)18-13/h3-5,7,10-11H,6,8-9H2,1-2H3,(H,17,21)(H,23,24). The molecular weight excluding hydrogens is 312 g/mol. The van der Waals surface area contributed by atoms with Crippen LogP contribution in [0.1, 0.15) is 19.5 Å². The molecule has 2 rings (SSSR count). The van der Waals surface area contributed by atoms with Crippen molar-refractivity contribution in [1.29, 1.82) is 0 Å². The van der Waals surface area contributed by atoms with Crippen molar-refractivity contribution in [2.45, 2.75) is 26.3 Å². The number of imidazole rings is 1. The maximum Gasteiger partial charge on any atom is 0.326 e. The number of carbonyl (C=O) groups excluding carboxylic acids is 2. The molecule has 0 bridgehead atoms. The van der Waals surface area contributed by atoms with Crippen LogP contribution in [0.25, 0.3) is 5.65 Å². The Labute approximate surface area is 139 Å². The van der Waals surface area contributed by atoms with E-state index in [1.165, 1.54) is 18.7 Å². The zero-order valence-electron chi connectivity index (χ0n) is 13.6. The quantitative estimate of drug-likeness (QED) is 0.760. The Balaban J connectivity index is 2.10. The number of amides is 2. The van der Waals surface area contributed by atoms with E-state index < -0.39 is 12.0 Å². The molecule has 8 nitrogen and oxygen atoms in total. The molecular formula is C16H20N4O4. The fourth-order valence-corrected chi connectivity index (χ4v) is 2.35.